The van der Waals surface area contributed by atoms with Crippen LogP contribution in [-0.2, 0) is 16.1 Å². The number of carboxylic acid groups (broad SMARTS) is 2. The van der Waals surface area contributed by atoms with E-state index >= 15 is 0 Å². The van der Waals surface area contributed by atoms with Gasteiger partial charge in [-0.25, -0.2) is 14.6 Å². The number of hydrogen-bond donors (Lipinski definition) is 3. The van der Waals surface area contributed by atoms with Gasteiger partial charge in [0.15, 0.2) is 0 Å². The summed E-state index contributed by atoms with van der Waals surface area (Å²) >= 11 is 0. The molecule has 2 rings (SSSR count). The van der Waals surface area contributed by atoms with Gasteiger partial charge in [-0.15, -0.1) is 0 Å². The van der Waals surface area contributed by atoms with E-state index in [0.717, 1.165) is 5.75 Å². The van der Waals surface area contributed by atoms with Crippen molar-refractivity contribution >= 4 is 11.9 Å². The first-order chi connectivity index (χ1) is 10.5. The zero-order valence-corrected chi connectivity index (χ0v) is 11.6. The molecule has 8 nitrogen and oxygen atoms in total. The molecule has 0 aliphatic rings. The molecule has 0 amide bonds. The third-order valence-electron chi connectivity index (χ3n) is 2.35. The number of rotatable bonds is 5. The Balaban J connectivity index is 0.000000346. The van der Waals surface area contributed by atoms with Gasteiger partial charge in [0.25, 0.3) is 0 Å². The predicted molar refractivity (Wildman–Crippen MR) is 75.4 cm³/mol. The van der Waals surface area contributed by atoms with E-state index in [1.165, 1.54) is 0 Å². The number of hydrogen-bond acceptors (Lipinski definition) is 5. The summed E-state index contributed by atoms with van der Waals surface area (Å²) in [6.07, 6.45) is 4.64. The Labute approximate surface area is 126 Å². The smallest absolute Gasteiger partial charge is 0.414 e. The van der Waals surface area contributed by atoms with Crippen molar-refractivity contribution in [3.63, 3.8) is 0 Å². The van der Waals surface area contributed by atoms with Crippen molar-refractivity contribution in [3.8, 4) is 5.75 Å². The summed E-state index contributed by atoms with van der Waals surface area (Å²) in [6.45, 7) is 0.773. The number of carbonyl (C=O) groups is 2. The average molecular weight is 308 g/mol. The molecular weight excluding hydrogens is 292 g/mol. The predicted octanol–water partition coefficient (Wildman–Crippen LogP) is 0.479. The number of aliphatic carboxylic acids is 2. The lowest BCUT2D eigenvalue weighted by Crippen LogP contribution is -2.22. The number of aliphatic hydroxyl groups excluding tert-OH is 1. The highest BCUT2D eigenvalue weighted by molar-refractivity contribution is 6.27. The van der Waals surface area contributed by atoms with E-state index in [0.29, 0.717) is 6.54 Å². The first-order valence-corrected chi connectivity index (χ1v) is 6.27. The van der Waals surface area contributed by atoms with Crippen molar-refractivity contribution < 1.29 is 29.6 Å². The molecule has 22 heavy (non-hydrogen) atoms. The highest BCUT2D eigenvalue weighted by Crippen LogP contribution is 2.08. The molecule has 8 heteroatoms. The van der Waals surface area contributed by atoms with Gasteiger partial charge in [-0.1, -0.05) is 18.2 Å². The van der Waals surface area contributed by atoms with Crippen LogP contribution in [0.2, 0.25) is 0 Å². The maximum atomic E-state index is 9.71. The molecular formula is C14H16N2O6. The molecule has 3 N–H and O–H groups in total. The Hall–Kier alpha value is -2.87. The summed E-state index contributed by atoms with van der Waals surface area (Å²) in [5.74, 6) is -2.88. The van der Waals surface area contributed by atoms with Crippen LogP contribution in [0.3, 0.4) is 0 Å². The van der Waals surface area contributed by atoms with Crippen LogP contribution in [0.1, 0.15) is 0 Å². The van der Waals surface area contributed by atoms with E-state index in [1.807, 2.05) is 41.1 Å². The third kappa shape index (κ3) is 7.06. The molecule has 0 aliphatic carbocycles. The lowest BCUT2D eigenvalue weighted by molar-refractivity contribution is -0.159. The van der Waals surface area contributed by atoms with Crippen molar-refractivity contribution in [3.05, 3.63) is 49.1 Å². The van der Waals surface area contributed by atoms with Gasteiger partial charge in [0.2, 0.25) is 0 Å². The third-order valence-corrected chi connectivity index (χ3v) is 2.35. The van der Waals surface area contributed by atoms with Crippen LogP contribution in [0.25, 0.3) is 0 Å². The molecule has 1 aromatic carbocycles. The zero-order valence-electron chi connectivity index (χ0n) is 11.6. The molecule has 0 fully saturated rings. The Morgan fingerprint density at radius 1 is 1.18 bits per heavy atom. The van der Waals surface area contributed by atoms with Gasteiger partial charge in [0.1, 0.15) is 18.5 Å². The highest BCUT2D eigenvalue weighted by atomic mass is 16.5. The van der Waals surface area contributed by atoms with Crippen molar-refractivity contribution in [2.45, 2.75) is 12.6 Å². The van der Waals surface area contributed by atoms with Gasteiger partial charge in [0, 0.05) is 12.4 Å². The minimum Gasteiger partial charge on any atom is -0.491 e. The first-order valence-electron chi connectivity index (χ1n) is 6.27. The molecule has 1 atom stereocenters. The molecule has 0 radical (unpaired) electrons. The van der Waals surface area contributed by atoms with E-state index in [4.69, 9.17) is 24.5 Å². The van der Waals surface area contributed by atoms with Gasteiger partial charge in [0.05, 0.1) is 12.9 Å². The largest absolute Gasteiger partial charge is 0.491 e. The van der Waals surface area contributed by atoms with Crippen molar-refractivity contribution in [1.29, 1.82) is 0 Å². The average Bonchev–Trinajstić information content (AvgIpc) is 2.99. The fourth-order valence-electron chi connectivity index (χ4n) is 1.40. The minimum atomic E-state index is -1.82. The topological polar surface area (TPSA) is 122 Å². The zero-order chi connectivity index (χ0) is 16.4. The summed E-state index contributed by atoms with van der Waals surface area (Å²) in [5.41, 5.74) is 0. The number of carboxylic acids is 2. The second-order valence-electron chi connectivity index (χ2n) is 4.15. The van der Waals surface area contributed by atoms with Crippen LogP contribution < -0.4 is 4.74 Å². The molecule has 0 aliphatic heterocycles. The molecule has 1 unspecified atom stereocenters. The summed E-state index contributed by atoms with van der Waals surface area (Å²) < 4.78 is 7.25. The number of imidazole rings is 1. The van der Waals surface area contributed by atoms with Gasteiger partial charge < -0.3 is 24.6 Å². The van der Waals surface area contributed by atoms with Gasteiger partial charge >= 0.3 is 11.9 Å². The van der Waals surface area contributed by atoms with Gasteiger partial charge in [-0.3, -0.25) is 0 Å². The number of para-hydroxylation sites is 1. The van der Waals surface area contributed by atoms with Crippen LogP contribution in [0.5, 0.6) is 5.75 Å². The van der Waals surface area contributed by atoms with Crippen LogP contribution in [-0.4, -0.2) is 49.5 Å². The van der Waals surface area contributed by atoms with Crippen molar-refractivity contribution in [2.75, 3.05) is 6.61 Å². The Morgan fingerprint density at radius 3 is 2.32 bits per heavy atom. The summed E-state index contributed by atoms with van der Waals surface area (Å²) in [7, 11) is 0. The number of aliphatic hydroxyl groups is 1. The van der Waals surface area contributed by atoms with Crippen LogP contribution >= 0.6 is 0 Å². The Bertz CT molecular complexity index is 558. The van der Waals surface area contributed by atoms with E-state index in [9.17, 15) is 5.11 Å². The number of nitrogens with zero attached hydrogens (tertiary/aromatic N) is 2. The molecule has 1 aromatic heterocycles. The quantitative estimate of drug-likeness (QED) is 0.687. The maximum absolute atomic E-state index is 9.71. The Kier molecular flexibility index (Phi) is 7.14. The monoisotopic (exact) mass is 308 g/mol. The molecule has 0 bridgehead atoms. The van der Waals surface area contributed by atoms with Crippen molar-refractivity contribution in [1.82, 2.24) is 9.55 Å². The summed E-state index contributed by atoms with van der Waals surface area (Å²) in [4.78, 5) is 22.1. The maximum Gasteiger partial charge on any atom is 0.414 e. The number of benzene rings is 1. The van der Waals surface area contributed by atoms with Crippen molar-refractivity contribution in [2.24, 2.45) is 0 Å². The lowest BCUT2D eigenvalue weighted by atomic mass is 10.3. The summed E-state index contributed by atoms with van der Waals surface area (Å²) in [5, 5.41) is 24.5. The van der Waals surface area contributed by atoms with E-state index in [-0.39, 0.29) is 6.61 Å². The second kappa shape index (κ2) is 9.14. The standard InChI is InChI=1S/C12H14N2O2.C2H2O4/c15-11(8-14-7-6-13-10-14)9-16-12-4-2-1-3-5-12;3-1(4)2(5)6/h1-7,10-11,15H,8-9H2;(H,3,4)(H,5,6). The molecule has 118 valence electrons. The highest BCUT2D eigenvalue weighted by Gasteiger charge is 2.05. The molecule has 1 heterocycles. The number of aromatic nitrogens is 2. The molecule has 0 spiro atoms. The fraction of sp³-hybridized carbons (Fsp3) is 0.214. The lowest BCUT2D eigenvalue weighted by Gasteiger charge is -2.12. The normalized spacial score (nSPS) is 11.0. The molecule has 2 aromatic rings. The van der Waals surface area contributed by atoms with Crippen LogP contribution in [0.15, 0.2) is 49.1 Å². The van der Waals surface area contributed by atoms with Crippen LogP contribution in [0, 0.1) is 0 Å². The van der Waals surface area contributed by atoms with E-state index in [2.05, 4.69) is 4.98 Å². The number of ether oxygens (including phenoxy) is 1. The van der Waals surface area contributed by atoms with E-state index < -0.39 is 18.0 Å². The molecule has 0 saturated heterocycles. The molecule has 0 saturated carbocycles. The van der Waals surface area contributed by atoms with E-state index in [1.54, 1.807) is 12.5 Å². The van der Waals surface area contributed by atoms with Crippen LogP contribution in [0.4, 0.5) is 0 Å². The van der Waals surface area contributed by atoms with Gasteiger partial charge in [-0.05, 0) is 12.1 Å². The first kappa shape index (κ1) is 17.2. The summed E-state index contributed by atoms with van der Waals surface area (Å²) in [6, 6.07) is 9.46. The second-order valence-corrected chi connectivity index (χ2v) is 4.15. The van der Waals surface area contributed by atoms with Gasteiger partial charge in [-0.2, -0.15) is 0 Å². The fourth-order valence-corrected chi connectivity index (χ4v) is 1.40. The SMILES string of the molecule is O=C(O)C(=O)O.OC(COc1ccccc1)Cn1ccnc1. The minimum absolute atomic E-state index is 0.280. The Morgan fingerprint density at radius 2 is 1.82 bits per heavy atom.